The summed E-state index contributed by atoms with van der Waals surface area (Å²) >= 11 is 0. The maximum atomic E-state index is 11.7. The van der Waals surface area contributed by atoms with Crippen molar-refractivity contribution in [3.63, 3.8) is 0 Å². The lowest BCUT2D eigenvalue weighted by Gasteiger charge is -2.38. The number of hydrogen-bond acceptors (Lipinski definition) is 3. The van der Waals surface area contributed by atoms with E-state index >= 15 is 0 Å². The van der Waals surface area contributed by atoms with Gasteiger partial charge in [0, 0.05) is 37.9 Å². The molecule has 0 spiro atoms. The Bertz CT molecular complexity index is 444. The molecule has 1 aromatic heterocycles. The molecule has 0 bridgehead atoms. The average Bonchev–Trinajstić information content (AvgIpc) is 2.34. The van der Waals surface area contributed by atoms with Gasteiger partial charge >= 0.3 is 12.0 Å². The Morgan fingerprint density at radius 1 is 1.47 bits per heavy atom. The molecular weight excluding hydrogens is 246 g/mol. The number of aromatic nitrogens is 1. The second-order valence-corrected chi connectivity index (χ2v) is 4.71. The summed E-state index contributed by atoms with van der Waals surface area (Å²) in [4.78, 5) is 27.8. The zero-order valence-electron chi connectivity index (χ0n) is 10.6. The largest absolute Gasteiger partial charge is 0.481 e. The molecule has 1 fully saturated rings. The van der Waals surface area contributed by atoms with Crippen molar-refractivity contribution < 1.29 is 14.7 Å². The third kappa shape index (κ3) is 3.94. The molecule has 19 heavy (non-hydrogen) atoms. The molecule has 1 aromatic rings. The smallest absolute Gasteiger partial charge is 0.317 e. The lowest BCUT2D eigenvalue weighted by atomic mass is 9.97. The number of carboxylic acids is 1. The predicted octanol–water partition coefficient (Wildman–Crippen LogP) is 0.740. The molecule has 0 aromatic carbocycles. The van der Waals surface area contributed by atoms with Crippen LogP contribution in [0.15, 0.2) is 24.5 Å². The number of nitrogens with one attached hydrogen (secondary N) is 1. The molecule has 2 rings (SSSR count). The molecule has 0 saturated carbocycles. The monoisotopic (exact) mass is 263 g/mol. The fourth-order valence-corrected chi connectivity index (χ4v) is 2.08. The van der Waals surface area contributed by atoms with E-state index < -0.39 is 5.97 Å². The zero-order chi connectivity index (χ0) is 13.7. The van der Waals surface area contributed by atoms with E-state index in [0.29, 0.717) is 19.6 Å². The highest BCUT2D eigenvalue weighted by atomic mass is 16.4. The lowest BCUT2D eigenvalue weighted by molar-refractivity contribution is -0.139. The van der Waals surface area contributed by atoms with Crippen molar-refractivity contribution >= 4 is 12.0 Å². The number of likely N-dealkylation sites (tertiary alicyclic amines) is 1. The fourth-order valence-electron chi connectivity index (χ4n) is 2.08. The molecule has 2 heterocycles. The maximum absolute atomic E-state index is 11.7. The zero-order valence-corrected chi connectivity index (χ0v) is 10.6. The fraction of sp³-hybridized carbons (Fsp3) is 0.462. The van der Waals surface area contributed by atoms with E-state index in [1.807, 2.05) is 12.1 Å². The molecule has 0 atom stereocenters. The topological polar surface area (TPSA) is 82.5 Å². The first kappa shape index (κ1) is 13.3. The minimum atomic E-state index is -0.804. The highest BCUT2D eigenvalue weighted by molar-refractivity contribution is 5.75. The number of nitrogens with zero attached hydrogens (tertiary/aromatic N) is 2. The van der Waals surface area contributed by atoms with E-state index in [-0.39, 0.29) is 18.4 Å². The van der Waals surface area contributed by atoms with Crippen molar-refractivity contribution in [3.05, 3.63) is 30.1 Å². The number of aliphatic carboxylic acids is 1. The molecular formula is C13H17N3O3. The molecule has 1 aliphatic heterocycles. The van der Waals surface area contributed by atoms with Gasteiger partial charge in [-0.1, -0.05) is 6.07 Å². The summed E-state index contributed by atoms with van der Waals surface area (Å²) in [6.07, 6.45) is 4.37. The lowest BCUT2D eigenvalue weighted by Crippen LogP contribution is -2.54. The van der Waals surface area contributed by atoms with Crippen LogP contribution in [0.25, 0.3) is 0 Å². The van der Waals surface area contributed by atoms with Crippen molar-refractivity contribution in [2.24, 2.45) is 5.92 Å². The minimum absolute atomic E-state index is 0.0987. The highest BCUT2D eigenvalue weighted by Gasteiger charge is 2.31. The number of carbonyl (C=O) groups excluding carboxylic acids is 1. The van der Waals surface area contributed by atoms with Crippen LogP contribution in [0.5, 0.6) is 0 Å². The normalized spacial score (nSPS) is 14.8. The van der Waals surface area contributed by atoms with Gasteiger partial charge in [0.25, 0.3) is 0 Å². The third-order valence-corrected chi connectivity index (χ3v) is 3.12. The van der Waals surface area contributed by atoms with Crippen LogP contribution in [0, 0.1) is 5.92 Å². The third-order valence-electron chi connectivity index (χ3n) is 3.12. The summed E-state index contributed by atoms with van der Waals surface area (Å²) in [5.74, 6) is -0.705. The van der Waals surface area contributed by atoms with Crippen LogP contribution >= 0.6 is 0 Å². The SMILES string of the molecule is O=C(O)CC1CN(C(=O)NCCc2cccnc2)C1. The number of pyridine rings is 1. The highest BCUT2D eigenvalue weighted by Crippen LogP contribution is 2.18. The number of hydrogen-bond donors (Lipinski definition) is 2. The quantitative estimate of drug-likeness (QED) is 0.821. The van der Waals surface area contributed by atoms with Crippen LogP contribution in [0.2, 0.25) is 0 Å². The number of carboxylic acid groups (broad SMARTS) is 1. The molecule has 6 nitrogen and oxygen atoms in total. The van der Waals surface area contributed by atoms with Gasteiger partial charge in [-0.3, -0.25) is 9.78 Å². The Morgan fingerprint density at radius 2 is 2.26 bits per heavy atom. The van der Waals surface area contributed by atoms with E-state index in [0.717, 1.165) is 12.0 Å². The van der Waals surface area contributed by atoms with E-state index in [1.165, 1.54) is 0 Å². The van der Waals surface area contributed by atoms with Crippen molar-refractivity contribution in [1.82, 2.24) is 15.2 Å². The van der Waals surface area contributed by atoms with Crippen LogP contribution in [0.4, 0.5) is 4.79 Å². The number of carbonyl (C=O) groups is 2. The van der Waals surface area contributed by atoms with Gasteiger partial charge in [0.1, 0.15) is 0 Å². The van der Waals surface area contributed by atoms with Gasteiger partial charge in [-0.05, 0) is 18.1 Å². The molecule has 102 valence electrons. The standard InChI is InChI=1S/C13H17N3O3/c17-12(18)6-11-8-16(9-11)13(19)15-5-3-10-2-1-4-14-7-10/h1-2,4,7,11H,3,5-6,8-9H2,(H,15,19)(H,17,18). The summed E-state index contributed by atoms with van der Waals surface area (Å²) in [6, 6.07) is 3.71. The van der Waals surface area contributed by atoms with Crippen LogP contribution in [0.1, 0.15) is 12.0 Å². The van der Waals surface area contributed by atoms with Crippen molar-refractivity contribution in [2.75, 3.05) is 19.6 Å². The Hall–Kier alpha value is -2.11. The van der Waals surface area contributed by atoms with Crippen LogP contribution in [0.3, 0.4) is 0 Å². The van der Waals surface area contributed by atoms with Crippen molar-refractivity contribution in [2.45, 2.75) is 12.8 Å². The first-order chi connectivity index (χ1) is 9.15. The number of rotatable bonds is 5. The van der Waals surface area contributed by atoms with E-state index in [1.54, 1.807) is 17.3 Å². The van der Waals surface area contributed by atoms with Crippen molar-refractivity contribution in [3.8, 4) is 0 Å². The van der Waals surface area contributed by atoms with Gasteiger partial charge < -0.3 is 15.3 Å². The number of urea groups is 1. The Balaban J connectivity index is 1.62. The van der Waals surface area contributed by atoms with Crippen LogP contribution in [-0.4, -0.2) is 46.6 Å². The molecule has 1 aliphatic rings. The second-order valence-electron chi connectivity index (χ2n) is 4.71. The summed E-state index contributed by atoms with van der Waals surface area (Å²) < 4.78 is 0. The molecule has 0 radical (unpaired) electrons. The van der Waals surface area contributed by atoms with Gasteiger partial charge in [0.15, 0.2) is 0 Å². The molecule has 0 aliphatic carbocycles. The van der Waals surface area contributed by atoms with Gasteiger partial charge in [-0.2, -0.15) is 0 Å². The Morgan fingerprint density at radius 3 is 2.89 bits per heavy atom. The Labute approximate surface area is 111 Å². The molecule has 6 heteroatoms. The summed E-state index contributed by atoms with van der Waals surface area (Å²) in [6.45, 7) is 1.63. The summed E-state index contributed by atoms with van der Waals surface area (Å²) in [7, 11) is 0. The van der Waals surface area contributed by atoms with Gasteiger partial charge in [-0.25, -0.2) is 4.79 Å². The molecule has 2 amide bonds. The van der Waals surface area contributed by atoms with E-state index in [9.17, 15) is 9.59 Å². The molecule has 0 unspecified atom stereocenters. The minimum Gasteiger partial charge on any atom is -0.481 e. The number of amides is 2. The molecule has 2 N–H and O–H groups in total. The maximum Gasteiger partial charge on any atom is 0.317 e. The first-order valence-electron chi connectivity index (χ1n) is 6.28. The van der Waals surface area contributed by atoms with E-state index in [4.69, 9.17) is 5.11 Å². The van der Waals surface area contributed by atoms with Gasteiger partial charge in [-0.15, -0.1) is 0 Å². The van der Waals surface area contributed by atoms with Crippen LogP contribution in [-0.2, 0) is 11.2 Å². The summed E-state index contributed by atoms with van der Waals surface area (Å²) in [5, 5.41) is 11.4. The average molecular weight is 263 g/mol. The van der Waals surface area contributed by atoms with Gasteiger partial charge in [0.2, 0.25) is 0 Å². The predicted molar refractivity (Wildman–Crippen MR) is 68.7 cm³/mol. The summed E-state index contributed by atoms with van der Waals surface area (Å²) in [5.41, 5.74) is 1.08. The van der Waals surface area contributed by atoms with Gasteiger partial charge in [0.05, 0.1) is 6.42 Å². The Kier molecular flexibility index (Phi) is 4.33. The first-order valence-corrected chi connectivity index (χ1v) is 6.28. The van der Waals surface area contributed by atoms with E-state index in [2.05, 4.69) is 10.3 Å². The second kappa shape index (κ2) is 6.17. The van der Waals surface area contributed by atoms with Crippen LogP contribution < -0.4 is 5.32 Å². The molecule has 1 saturated heterocycles. The van der Waals surface area contributed by atoms with Crippen molar-refractivity contribution in [1.29, 1.82) is 0 Å².